The number of ether oxygens (including phenoxy) is 1. The molecule has 0 atom stereocenters. The molecular weight excluding hydrogens is 316 g/mol. The highest BCUT2D eigenvalue weighted by molar-refractivity contribution is 5.91. The normalized spacial score (nSPS) is 10.2. The molecule has 1 N–H and O–H groups in total. The van der Waals surface area contributed by atoms with Crippen molar-refractivity contribution < 1.29 is 14.3 Å². The average molecular weight is 340 g/mol. The lowest BCUT2D eigenvalue weighted by molar-refractivity contribution is -0.129. The van der Waals surface area contributed by atoms with Gasteiger partial charge in [-0.05, 0) is 36.8 Å². The Morgan fingerprint density at radius 3 is 2.24 bits per heavy atom. The summed E-state index contributed by atoms with van der Waals surface area (Å²) < 4.78 is 5.13. The molecule has 2 aromatic carbocycles. The van der Waals surface area contributed by atoms with Crippen molar-refractivity contribution in [3.05, 3.63) is 59.7 Å². The molecule has 0 saturated carbocycles. The Bertz CT molecular complexity index is 709. The molecule has 5 nitrogen and oxygen atoms in total. The molecule has 0 aliphatic carbocycles. The Morgan fingerprint density at radius 2 is 1.68 bits per heavy atom. The lowest BCUT2D eigenvalue weighted by atomic mass is 10.2. The molecule has 0 saturated heterocycles. The van der Waals surface area contributed by atoms with E-state index in [1.54, 1.807) is 12.0 Å². The number of methoxy groups -OCH3 is 1. The Morgan fingerprint density at radius 1 is 1.04 bits per heavy atom. The molecular formula is C20H24N2O3. The van der Waals surface area contributed by atoms with Crippen LogP contribution in [0.25, 0.3) is 0 Å². The van der Waals surface area contributed by atoms with E-state index in [0.29, 0.717) is 13.1 Å². The molecule has 2 aromatic rings. The van der Waals surface area contributed by atoms with E-state index >= 15 is 0 Å². The number of carbonyl (C=O) groups is 2. The van der Waals surface area contributed by atoms with Crippen LogP contribution in [-0.2, 0) is 16.1 Å². The number of carbonyl (C=O) groups excluding carboxylic acids is 2. The maximum absolute atomic E-state index is 12.1. The predicted octanol–water partition coefficient (Wildman–Crippen LogP) is 3.38. The molecule has 0 unspecified atom stereocenters. The second-order valence-corrected chi connectivity index (χ2v) is 5.95. The van der Waals surface area contributed by atoms with Gasteiger partial charge in [0.05, 0.1) is 7.11 Å². The first-order chi connectivity index (χ1) is 12.0. The van der Waals surface area contributed by atoms with Gasteiger partial charge in [0.15, 0.2) is 0 Å². The minimum Gasteiger partial charge on any atom is -0.497 e. The van der Waals surface area contributed by atoms with Crippen LogP contribution in [0.1, 0.15) is 24.5 Å². The first-order valence-corrected chi connectivity index (χ1v) is 8.23. The van der Waals surface area contributed by atoms with E-state index in [-0.39, 0.29) is 18.2 Å². The predicted molar refractivity (Wildman–Crippen MR) is 98.5 cm³/mol. The number of nitrogens with zero attached hydrogens (tertiary/aromatic N) is 1. The Hall–Kier alpha value is -2.82. The van der Waals surface area contributed by atoms with Gasteiger partial charge >= 0.3 is 0 Å². The first-order valence-electron chi connectivity index (χ1n) is 8.23. The van der Waals surface area contributed by atoms with Crippen LogP contribution in [0.5, 0.6) is 5.75 Å². The topological polar surface area (TPSA) is 58.6 Å². The summed E-state index contributed by atoms with van der Waals surface area (Å²) in [4.78, 5) is 25.6. The minimum absolute atomic E-state index is 0.0565. The molecule has 5 heteroatoms. The maximum Gasteiger partial charge on any atom is 0.226 e. The highest BCUT2D eigenvalue weighted by atomic mass is 16.5. The van der Waals surface area contributed by atoms with Gasteiger partial charge in [-0.3, -0.25) is 9.59 Å². The molecule has 25 heavy (non-hydrogen) atoms. The van der Waals surface area contributed by atoms with Crippen molar-refractivity contribution >= 4 is 17.5 Å². The summed E-state index contributed by atoms with van der Waals surface area (Å²) >= 11 is 0. The van der Waals surface area contributed by atoms with Crippen LogP contribution in [0.15, 0.2) is 48.5 Å². The summed E-state index contributed by atoms with van der Waals surface area (Å²) in [5.74, 6) is 0.611. The molecule has 2 amide bonds. The van der Waals surface area contributed by atoms with E-state index in [9.17, 15) is 9.59 Å². The summed E-state index contributed by atoms with van der Waals surface area (Å²) in [7, 11) is 1.61. The number of aryl methyl sites for hydroxylation is 1. The third-order valence-corrected chi connectivity index (χ3v) is 3.92. The largest absolute Gasteiger partial charge is 0.497 e. The monoisotopic (exact) mass is 340 g/mol. The first kappa shape index (κ1) is 18.5. The zero-order chi connectivity index (χ0) is 18.2. The van der Waals surface area contributed by atoms with E-state index in [4.69, 9.17) is 4.74 Å². The Labute approximate surface area is 148 Å². The molecule has 0 heterocycles. The van der Waals surface area contributed by atoms with Crippen LogP contribution in [0.2, 0.25) is 0 Å². The molecule has 132 valence electrons. The van der Waals surface area contributed by atoms with Crippen LogP contribution in [0.4, 0.5) is 5.69 Å². The molecule has 0 fully saturated rings. The third kappa shape index (κ3) is 5.95. The van der Waals surface area contributed by atoms with Gasteiger partial charge in [0, 0.05) is 32.1 Å². The van der Waals surface area contributed by atoms with Crippen molar-refractivity contribution in [3.8, 4) is 5.75 Å². The van der Waals surface area contributed by atoms with Gasteiger partial charge < -0.3 is 15.0 Å². The number of benzene rings is 2. The summed E-state index contributed by atoms with van der Waals surface area (Å²) in [5, 5.41) is 2.85. The number of hydrogen-bond acceptors (Lipinski definition) is 3. The van der Waals surface area contributed by atoms with E-state index in [2.05, 4.69) is 5.32 Å². The van der Waals surface area contributed by atoms with Crippen LogP contribution < -0.4 is 10.1 Å². The number of nitrogens with one attached hydrogen (secondary N) is 1. The van der Waals surface area contributed by atoms with Gasteiger partial charge in [0.1, 0.15) is 5.75 Å². The van der Waals surface area contributed by atoms with Crippen molar-refractivity contribution in [2.75, 3.05) is 19.0 Å². The van der Waals surface area contributed by atoms with E-state index in [1.165, 1.54) is 6.92 Å². The van der Waals surface area contributed by atoms with Crippen molar-refractivity contribution in [3.63, 3.8) is 0 Å². The van der Waals surface area contributed by atoms with Gasteiger partial charge in [0.25, 0.3) is 0 Å². The quantitative estimate of drug-likeness (QED) is 0.840. The zero-order valence-electron chi connectivity index (χ0n) is 14.9. The lowest BCUT2D eigenvalue weighted by Gasteiger charge is -2.21. The second kappa shape index (κ2) is 8.87. The van der Waals surface area contributed by atoms with Gasteiger partial charge in [-0.25, -0.2) is 0 Å². The molecule has 0 aromatic heterocycles. The highest BCUT2D eigenvalue weighted by Gasteiger charge is 2.12. The average Bonchev–Trinajstić information content (AvgIpc) is 2.61. The molecule has 2 rings (SSSR count). The fraction of sp³-hybridized carbons (Fsp3) is 0.300. The van der Waals surface area contributed by atoms with Gasteiger partial charge in [-0.15, -0.1) is 0 Å². The van der Waals surface area contributed by atoms with E-state index in [0.717, 1.165) is 22.6 Å². The SMILES string of the molecule is COc1ccc(CN(CCC(=O)Nc2ccc(C)cc2)C(C)=O)cc1. The number of anilines is 1. The molecule has 0 spiro atoms. The van der Waals surface area contributed by atoms with Crippen LogP contribution in [0.3, 0.4) is 0 Å². The summed E-state index contributed by atoms with van der Waals surface area (Å²) in [5.41, 5.74) is 2.90. The van der Waals surface area contributed by atoms with Gasteiger partial charge in [0.2, 0.25) is 11.8 Å². The standard InChI is InChI=1S/C20H24N2O3/c1-15-4-8-18(9-5-15)21-20(24)12-13-22(16(2)23)14-17-6-10-19(25-3)11-7-17/h4-11H,12-14H2,1-3H3,(H,21,24). The number of rotatable bonds is 7. The van der Waals surface area contributed by atoms with Crippen LogP contribution >= 0.6 is 0 Å². The fourth-order valence-electron chi connectivity index (χ4n) is 2.40. The Kier molecular flexibility index (Phi) is 6.57. The van der Waals surface area contributed by atoms with E-state index in [1.807, 2.05) is 55.5 Å². The molecule has 0 bridgehead atoms. The van der Waals surface area contributed by atoms with Gasteiger partial charge in [-0.1, -0.05) is 29.8 Å². The zero-order valence-corrected chi connectivity index (χ0v) is 14.9. The summed E-state index contributed by atoms with van der Waals surface area (Å²) in [6, 6.07) is 15.2. The molecule has 0 aliphatic rings. The van der Waals surface area contributed by atoms with E-state index < -0.39 is 0 Å². The summed E-state index contributed by atoms with van der Waals surface area (Å²) in [6.45, 7) is 4.35. The smallest absolute Gasteiger partial charge is 0.226 e. The molecule has 0 aliphatic heterocycles. The fourth-order valence-corrected chi connectivity index (χ4v) is 2.40. The molecule has 0 radical (unpaired) electrons. The number of amides is 2. The Balaban J connectivity index is 1.88. The maximum atomic E-state index is 12.1. The lowest BCUT2D eigenvalue weighted by Crippen LogP contribution is -2.31. The van der Waals surface area contributed by atoms with Crippen molar-refractivity contribution in [1.29, 1.82) is 0 Å². The minimum atomic E-state index is -0.107. The second-order valence-electron chi connectivity index (χ2n) is 5.95. The van der Waals surface area contributed by atoms with Crippen LogP contribution in [0, 0.1) is 6.92 Å². The highest BCUT2D eigenvalue weighted by Crippen LogP contribution is 2.14. The summed E-state index contributed by atoms with van der Waals surface area (Å²) in [6.07, 6.45) is 0.254. The van der Waals surface area contributed by atoms with Crippen molar-refractivity contribution in [2.45, 2.75) is 26.8 Å². The number of hydrogen-bond donors (Lipinski definition) is 1. The van der Waals surface area contributed by atoms with Crippen molar-refractivity contribution in [1.82, 2.24) is 4.90 Å². The van der Waals surface area contributed by atoms with Crippen molar-refractivity contribution in [2.24, 2.45) is 0 Å². The van der Waals surface area contributed by atoms with Crippen LogP contribution in [-0.4, -0.2) is 30.4 Å². The van der Waals surface area contributed by atoms with Gasteiger partial charge in [-0.2, -0.15) is 0 Å². The third-order valence-electron chi connectivity index (χ3n) is 3.92.